The normalized spacial score (nSPS) is 12.6. The van der Waals surface area contributed by atoms with Gasteiger partial charge in [-0.25, -0.2) is 4.98 Å². The van der Waals surface area contributed by atoms with Gasteiger partial charge in [0.1, 0.15) is 5.82 Å². The number of nitrogens with one attached hydrogen (secondary N) is 2. The number of hydrogen-bond donors (Lipinski definition) is 2. The van der Waals surface area contributed by atoms with Crippen molar-refractivity contribution < 1.29 is 31.1 Å². The van der Waals surface area contributed by atoms with Gasteiger partial charge in [0, 0.05) is 11.8 Å². The Hall–Kier alpha value is -2.78. The second kappa shape index (κ2) is 7.09. The van der Waals surface area contributed by atoms with Gasteiger partial charge < -0.3 is 10.6 Å². The molecule has 0 aliphatic heterocycles. The number of benzene rings is 1. The standard InChI is InChI=1S/C17H15F6N3O/c1-10-3-5-12(6-4-10)14(27)26-15(16(18,19)20,17(21,22)23)25-13-9-11(2)7-8-24-13/h3-9H,1-2H3,(H,24,25)(H,26,27). The van der Waals surface area contributed by atoms with Crippen molar-refractivity contribution in [2.45, 2.75) is 31.9 Å². The summed E-state index contributed by atoms with van der Waals surface area (Å²) in [5, 5.41) is 2.41. The van der Waals surface area contributed by atoms with Crippen molar-refractivity contribution in [1.82, 2.24) is 10.3 Å². The largest absolute Gasteiger partial charge is 0.439 e. The third-order valence-corrected chi connectivity index (χ3v) is 3.70. The Bertz CT molecular complexity index is 801. The minimum absolute atomic E-state index is 0.350. The number of carbonyl (C=O) groups excluding carboxylic acids is 1. The highest BCUT2D eigenvalue weighted by molar-refractivity contribution is 5.95. The van der Waals surface area contributed by atoms with E-state index in [4.69, 9.17) is 0 Å². The monoisotopic (exact) mass is 391 g/mol. The van der Waals surface area contributed by atoms with Crippen LogP contribution in [-0.4, -0.2) is 28.9 Å². The van der Waals surface area contributed by atoms with Crippen LogP contribution in [0.1, 0.15) is 21.5 Å². The van der Waals surface area contributed by atoms with Crippen molar-refractivity contribution in [2.24, 2.45) is 0 Å². The molecule has 2 rings (SSSR count). The van der Waals surface area contributed by atoms with Crippen molar-refractivity contribution >= 4 is 11.7 Å². The second-order valence-electron chi connectivity index (χ2n) is 5.91. The van der Waals surface area contributed by atoms with Gasteiger partial charge in [0.25, 0.3) is 5.91 Å². The second-order valence-corrected chi connectivity index (χ2v) is 5.91. The molecule has 0 aliphatic rings. The zero-order chi connectivity index (χ0) is 20.5. The van der Waals surface area contributed by atoms with E-state index in [0.29, 0.717) is 11.1 Å². The Morgan fingerprint density at radius 1 is 0.889 bits per heavy atom. The van der Waals surface area contributed by atoms with Crippen LogP contribution < -0.4 is 10.6 Å². The molecule has 1 aromatic carbocycles. The van der Waals surface area contributed by atoms with Crippen molar-refractivity contribution in [3.63, 3.8) is 0 Å². The SMILES string of the molecule is Cc1ccc(C(=O)NC(Nc2cc(C)ccn2)(C(F)(F)F)C(F)(F)F)cc1. The number of aromatic nitrogens is 1. The van der Waals surface area contributed by atoms with Gasteiger partial charge in [0.2, 0.25) is 0 Å². The van der Waals surface area contributed by atoms with Crippen LogP contribution in [0.5, 0.6) is 0 Å². The maximum absolute atomic E-state index is 13.6. The number of amides is 1. The molecule has 146 valence electrons. The molecule has 0 spiro atoms. The molecule has 0 bridgehead atoms. The quantitative estimate of drug-likeness (QED) is 0.602. The summed E-state index contributed by atoms with van der Waals surface area (Å²) in [7, 11) is 0. The highest BCUT2D eigenvalue weighted by Crippen LogP contribution is 2.43. The summed E-state index contributed by atoms with van der Waals surface area (Å²) in [6, 6.07) is 7.46. The van der Waals surface area contributed by atoms with E-state index in [0.717, 1.165) is 29.7 Å². The van der Waals surface area contributed by atoms with Crippen molar-refractivity contribution in [3.05, 3.63) is 59.3 Å². The molecule has 1 amide bonds. The van der Waals surface area contributed by atoms with E-state index < -0.39 is 29.7 Å². The summed E-state index contributed by atoms with van der Waals surface area (Å²) in [6.45, 7) is 3.13. The predicted molar refractivity (Wildman–Crippen MR) is 86.1 cm³/mol. The van der Waals surface area contributed by atoms with Crippen LogP contribution in [0, 0.1) is 13.8 Å². The fourth-order valence-electron chi connectivity index (χ4n) is 2.22. The Balaban J connectivity index is 2.51. The zero-order valence-electron chi connectivity index (χ0n) is 14.2. The first kappa shape index (κ1) is 20.5. The summed E-state index contributed by atoms with van der Waals surface area (Å²) in [6.07, 6.45) is -10.8. The number of anilines is 1. The molecule has 10 heteroatoms. The van der Waals surface area contributed by atoms with Crippen molar-refractivity contribution in [3.8, 4) is 0 Å². The number of alkyl halides is 6. The molecule has 2 aromatic rings. The zero-order valence-corrected chi connectivity index (χ0v) is 14.2. The van der Waals surface area contributed by atoms with Crippen LogP contribution in [0.3, 0.4) is 0 Å². The first-order valence-electron chi connectivity index (χ1n) is 7.59. The molecule has 0 atom stereocenters. The minimum Gasteiger partial charge on any atom is -0.332 e. The van der Waals surface area contributed by atoms with E-state index in [-0.39, 0.29) is 5.56 Å². The van der Waals surface area contributed by atoms with E-state index in [2.05, 4.69) is 4.98 Å². The van der Waals surface area contributed by atoms with Crippen LogP contribution in [-0.2, 0) is 0 Å². The Labute approximate surface area is 150 Å². The number of halogens is 6. The Kier molecular flexibility index (Phi) is 5.39. The third kappa shape index (κ3) is 4.32. The van der Waals surface area contributed by atoms with Crippen LogP contribution in [0.2, 0.25) is 0 Å². The fraction of sp³-hybridized carbons (Fsp3) is 0.294. The van der Waals surface area contributed by atoms with Crippen molar-refractivity contribution in [1.29, 1.82) is 0 Å². The molecule has 1 aromatic heterocycles. The number of nitrogens with zero attached hydrogens (tertiary/aromatic N) is 1. The molecular formula is C17H15F6N3O. The lowest BCUT2D eigenvalue weighted by atomic mass is 10.1. The first-order chi connectivity index (χ1) is 12.4. The van der Waals surface area contributed by atoms with Gasteiger partial charge in [-0.05, 0) is 43.7 Å². The number of rotatable bonds is 4. The van der Waals surface area contributed by atoms with Gasteiger partial charge in [-0.3, -0.25) is 4.79 Å². The summed E-state index contributed by atoms with van der Waals surface area (Å²) in [5.74, 6) is -2.22. The Morgan fingerprint density at radius 3 is 1.93 bits per heavy atom. The van der Waals surface area contributed by atoms with Gasteiger partial charge >= 0.3 is 18.0 Å². The lowest BCUT2D eigenvalue weighted by Gasteiger charge is -2.38. The lowest BCUT2D eigenvalue weighted by molar-refractivity contribution is -0.294. The number of hydrogen-bond acceptors (Lipinski definition) is 3. The maximum atomic E-state index is 13.6. The molecule has 0 unspecified atom stereocenters. The maximum Gasteiger partial charge on any atom is 0.439 e. The number of carbonyl (C=O) groups is 1. The number of pyridine rings is 1. The fourth-order valence-corrected chi connectivity index (χ4v) is 2.22. The molecule has 0 radical (unpaired) electrons. The van der Waals surface area contributed by atoms with E-state index >= 15 is 0 Å². The van der Waals surface area contributed by atoms with Gasteiger partial charge in [0.05, 0.1) is 0 Å². The van der Waals surface area contributed by atoms with E-state index in [9.17, 15) is 31.1 Å². The molecule has 0 fully saturated rings. The van der Waals surface area contributed by atoms with Gasteiger partial charge in [-0.15, -0.1) is 0 Å². The van der Waals surface area contributed by atoms with Gasteiger partial charge in [-0.2, -0.15) is 26.3 Å². The van der Waals surface area contributed by atoms with Crippen LogP contribution in [0.4, 0.5) is 32.2 Å². The average molecular weight is 391 g/mol. The lowest BCUT2D eigenvalue weighted by Crippen LogP contribution is -2.72. The first-order valence-corrected chi connectivity index (χ1v) is 7.59. The molecule has 0 saturated carbocycles. The summed E-state index contributed by atoms with van der Waals surface area (Å²) in [4.78, 5) is 15.6. The van der Waals surface area contributed by atoms with E-state index in [1.165, 1.54) is 30.4 Å². The van der Waals surface area contributed by atoms with Crippen molar-refractivity contribution in [2.75, 3.05) is 5.32 Å². The van der Waals surface area contributed by atoms with Crippen LogP contribution in [0.25, 0.3) is 0 Å². The van der Waals surface area contributed by atoms with Crippen LogP contribution in [0.15, 0.2) is 42.6 Å². The molecule has 1 heterocycles. The average Bonchev–Trinajstić information content (AvgIpc) is 2.52. The highest BCUT2D eigenvalue weighted by Gasteiger charge is 2.72. The minimum atomic E-state index is -5.91. The van der Waals surface area contributed by atoms with Gasteiger partial charge in [-0.1, -0.05) is 17.7 Å². The third-order valence-electron chi connectivity index (χ3n) is 3.70. The smallest absolute Gasteiger partial charge is 0.332 e. The summed E-state index contributed by atoms with van der Waals surface area (Å²) < 4.78 is 81.4. The molecule has 0 aliphatic carbocycles. The molecule has 27 heavy (non-hydrogen) atoms. The molecule has 4 nitrogen and oxygen atoms in total. The van der Waals surface area contributed by atoms with E-state index in [1.54, 1.807) is 6.92 Å². The van der Waals surface area contributed by atoms with Gasteiger partial charge in [0.15, 0.2) is 0 Å². The number of aryl methyl sites for hydroxylation is 2. The summed E-state index contributed by atoms with van der Waals surface area (Å²) >= 11 is 0. The van der Waals surface area contributed by atoms with Crippen LogP contribution >= 0.6 is 0 Å². The van der Waals surface area contributed by atoms with E-state index in [1.807, 2.05) is 0 Å². The summed E-state index contributed by atoms with van der Waals surface area (Å²) in [5.41, 5.74) is -4.00. The topological polar surface area (TPSA) is 54.0 Å². The molecule has 2 N–H and O–H groups in total. The highest BCUT2D eigenvalue weighted by atomic mass is 19.4. The Morgan fingerprint density at radius 2 is 1.44 bits per heavy atom. The molecule has 0 saturated heterocycles. The molecular weight excluding hydrogens is 376 g/mol. The predicted octanol–water partition coefficient (Wildman–Crippen LogP) is 4.36.